The second-order valence-corrected chi connectivity index (χ2v) is 6.35. The molecule has 4 rings (SSSR count). The van der Waals surface area contributed by atoms with Gasteiger partial charge in [0, 0.05) is 4.88 Å². The highest BCUT2D eigenvalue weighted by atomic mass is 32.1. The van der Waals surface area contributed by atoms with Gasteiger partial charge in [0.05, 0.1) is 11.6 Å². The van der Waals surface area contributed by atoms with Crippen molar-refractivity contribution < 1.29 is 5.11 Å². The van der Waals surface area contributed by atoms with Crippen molar-refractivity contribution >= 4 is 27.8 Å². The third-order valence-corrected chi connectivity index (χ3v) is 5.03. The molecule has 2 aromatic heterocycles. The molecule has 5 nitrogen and oxygen atoms in total. The summed E-state index contributed by atoms with van der Waals surface area (Å²) in [5.41, 5.74) is 1.85. The molecule has 0 atom stereocenters. The van der Waals surface area contributed by atoms with Crippen molar-refractivity contribution in [2.24, 2.45) is 5.10 Å². The van der Waals surface area contributed by atoms with Gasteiger partial charge in [-0.05, 0) is 54.7 Å². The van der Waals surface area contributed by atoms with E-state index in [0.29, 0.717) is 0 Å². The van der Waals surface area contributed by atoms with Crippen LogP contribution in [0.1, 0.15) is 22.4 Å². The van der Waals surface area contributed by atoms with Gasteiger partial charge in [-0.1, -0.05) is 0 Å². The molecular formula is C16H13N3O2S. The van der Waals surface area contributed by atoms with Crippen molar-refractivity contribution in [3.63, 3.8) is 0 Å². The third-order valence-electron chi connectivity index (χ3n) is 3.83. The van der Waals surface area contributed by atoms with Crippen LogP contribution in [0.5, 0.6) is 5.75 Å². The molecule has 22 heavy (non-hydrogen) atoms. The van der Waals surface area contributed by atoms with E-state index in [1.807, 2.05) is 0 Å². The molecule has 0 spiro atoms. The van der Waals surface area contributed by atoms with E-state index >= 15 is 0 Å². The predicted octanol–water partition coefficient (Wildman–Crippen LogP) is 2.53. The summed E-state index contributed by atoms with van der Waals surface area (Å²) < 4.78 is 1.28. The Kier molecular flexibility index (Phi) is 3.04. The topological polar surface area (TPSA) is 67.5 Å². The first-order chi connectivity index (χ1) is 10.7. The maximum atomic E-state index is 12.6. The zero-order chi connectivity index (χ0) is 15.1. The second-order valence-electron chi connectivity index (χ2n) is 5.27. The van der Waals surface area contributed by atoms with Crippen LogP contribution in [0.2, 0.25) is 0 Å². The number of phenolic OH excluding ortho intramolecular Hbond substituents is 1. The Labute approximate surface area is 130 Å². The van der Waals surface area contributed by atoms with Crippen LogP contribution < -0.4 is 5.56 Å². The molecule has 110 valence electrons. The van der Waals surface area contributed by atoms with Crippen molar-refractivity contribution in [2.75, 3.05) is 0 Å². The van der Waals surface area contributed by atoms with E-state index in [1.165, 1.54) is 15.9 Å². The van der Waals surface area contributed by atoms with Crippen molar-refractivity contribution in [1.82, 2.24) is 9.66 Å². The summed E-state index contributed by atoms with van der Waals surface area (Å²) in [5, 5.41) is 14.2. The molecule has 6 heteroatoms. The summed E-state index contributed by atoms with van der Waals surface area (Å²) in [7, 11) is 0. The quantitative estimate of drug-likeness (QED) is 0.740. The molecule has 1 aliphatic carbocycles. The van der Waals surface area contributed by atoms with Gasteiger partial charge in [0.1, 0.15) is 16.9 Å². The number of benzene rings is 1. The van der Waals surface area contributed by atoms with Crippen molar-refractivity contribution in [3.8, 4) is 5.75 Å². The lowest BCUT2D eigenvalue weighted by Gasteiger charge is -1.99. The fourth-order valence-electron chi connectivity index (χ4n) is 2.75. The molecular weight excluding hydrogens is 298 g/mol. The van der Waals surface area contributed by atoms with Gasteiger partial charge in [0.15, 0.2) is 0 Å². The van der Waals surface area contributed by atoms with Gasteiger partial charge in [-0.15, -0.1) is 11.3 Å². The molecule has 0 aliphatic heterocycles. The van der Waals surface area contributed by atoms with Crippen LogP contribution in [0.3, 0.4) is 0 Å². The number of nitrogens with zero attached hydrogens (tertiary/aromatic N) is 3. The lowest BCUT2D eigenvalue weighted by molar-refractivity contribution is 0.475. The van der Waals surface area contributed by atoms with Gasteiger partial charge in [-0.3, -0.25) is 4.79 Å². The summed E-state index contributed by atoms with van der Waals surface area (Å²) >= 11 is 1.62. The summed E-state index contributed by atoms with van der Waals surface area (Å²) in [4.78, 5) is 19.1. The second kappa shape index (κ2) is 5.06. The number of rotatable bonds is 2. The van der Waals surface area contributed by atoms with Crippen LogP contribution in [0.25, 0.3) is 10.2 Å². The van der Waals surface area contributed by atoms with Gasteiger partial charge in [0.25, 0.3) is 5.56 Å². The van der Waals surface area contributed by atoms with E-state index in [0.717, 1.165) is 40.6 Å². The molecule has 0 unspecified atom stereocenters. The number of aromatic hydroxyl groups is 1. The Balaban J connectivity index is 1.77. The average Bonchev–Trinajstić information content (AvgIpc) is 3.09. The Morgan fingerprint density at radius 2 is 2.09 bits per heavy atom. The maximum absolute atomic E-state index is 12.6. The number of thiophene rings is 1. The largest absolute Gasteiger partial charge is 0.508 e. The minimum absolute atomic E-state index is 0.112. The molecule has 0 saturated carbocycles. The van der Waals surface area contributed by atoms with Gasteiger partial charge in [-0.2, -0.15) is 9.78 Å². The van der Waals surface area contributed by atoms with Gasteiger partial charge in [-0.25, -0.2) is 4.98 Å². The van der Waals surface area contributed by atoms with Gasteiger partial charge >= 0.3 is 0 Å². The molecule has 0 fully saturated rings. The highest BCUT2D eigenvalue weighted by molar-refractivity contribution is 7.18. The first-order valence-corrected chi connectivity index (χ1v) is 7.89. The first-order valence-electron chi connectivity index (χ1n) is 7.07. The predicted molar refractivity (Wildman–Crippen MR) is 87.0 cm³/mol. The third kappa shape index (κ3) is 2.12. The SMILES string of the molecule is O=c1c2c3c(sc2ncn1N=Cc1ccc(O)cc1)CCC3. The fourth-order valence-corrected chi connectivity index (χ4v) is 3.97. The lowest BCUT2D eigenvalue weighted by atomic mass is 10.2. The van der Waals surface area contributed by atoms with E-state index < -0.39 is 0 Å². The van der Waals surface area contributed by atoms with Crippen LogP contribution in [0.15, 0.2) is 40.5 Å². The number of fused-ring (bicyclic) bond motifs is 3. The first kappa shape index (κ1) is 13.2. The molecule has 3 aromatic rings. The maximum Gasteiger partial charge on any atom is 0.282 e. The minimum Gasteiger partial charge on any atom is -0.508 e. The summed E-state index contributed by atoms with van der Waals surface area (Å²) in [6, 6.07) is 6.63. The van der Waals surface area contributed by atoms with Gasteiger partial charge in [0.2, 0.25) is 0 Å². The fraction of sp³-hybridized carbons (Fsp3) is 0.188. The molecule has 1 aliphatic rings. The normalized spacial score (nSPS) is 14.0. The Bertz CT molecular complexity index is 938. The summed E-state index contributed by atoms with van der Waals surface area (Å²) in [6.07, 6.45) is 6.17. The number of aryl methyl sites for hydroxylation is 2. The minimum atomic E-state index is -0.112. The smallest absolute Gasteiger partial charge is 0.282 e. The Morgan fingerprint density at radius 1 is 1.27 bits per heavy atom. The van der Waals surface area contributed by atoms with E-state index in [9.17, 15) is 9.90 Å². The Hall–Kier alpha value is -2.47. The highest BCUT2D eigenvalue weighted by Crippen LogP contribution is 2.34. The molecule has 0 saturated heterocycles. The average molecular weight is 311 g/mol. The van der Waals surface area contributed by atoms with Gasteiger partial charge < -0.3 is 5.11 Å². The molecule has 0 bridgehead atoms. The number of phenols is 1. The van der Waals surface area contributed by atoms with Crippen LogP contribution >= 0.6 is 11.3 Å². The molecule has 2 heterocycles. The van der Waals surface area contributed by atoms with Crippen molar-refractivity contribution in [1.29, 1.82) is 0 Å². The molecule has 0 radical (unpaired) electrons. The van der Waals surface area contributed by atoms with Crippen LogP contribution in [-0.4, -0.2) is 21.0 Å². The van der Waals surface area contributed by atoms with Crippen molar-refractivity contribution in [3.05, 3.63) is 57.0 Å². The van der Waals surface area contributed by atoms with E-state index in [4.69, 9.17) is 0 Å². The number of hydrogen-bond acceptors (Lipinski definition) is 5. The monoisotopic (exact) mass is 311 g/mol. The van der Waals surface area contributed by atoms with E-state index in [2.05, 4.69) is 10.1 Å². The van der Waals surface area contributed by atoms with Crippen LogP contribution in [-0.2, 0) is 12.8 Å². The zero-order valence-electron chi connectivity index (χ0n) is 11.7. The van der Waals surface area contributed by atoms with Crippen molar-refractivity contribution in [2.45, 2.75) is 19.3 Å². The number of aromatic nitrogens is 2. The van der Waals surface area contributed by atoms with Crippen LogP contribution in [0.4, 0.5) is 0 Å². The van der Waals surface area contributed by atoms with Crippen LogP contribution in [0, 0.1) is 0 Å². The molecule has 0 amide bonds. The molecule has 1 aromatic carbocycles. The molecule has 1 N–H and O–H groups in total. The van der Waals surface area contributed by atoms with E-state index in [1.54, 1.807) is 41.8 Å². The summed E-state index contributed by atoms with van der Waals surface area (Å²) in [6.45, 7) is 0. The van der Waals surface area contributed by atoms with E-state index in [-0.39, 0.29) is 11.3 Å². The highest BCUT2D eigenvalue weighted by Gasteiger charge is 2.21. The standard InChI is InChI=1S/C16H13N3O2S/c20-11-6-4-10(5-7-11)8-18-19-9-17-15-14(16(19)21)12-2-1-3-13(12)22-15/h4-9,20H,1-3H2. The number of hydrogen-bond donors (Lipinski definition) is 1. The Morgan fingerprint density at radius 3 is 2.91 bits per heavy atom. The lowest BCUT2D eigenvalue weighted by Crippen LogP contribution is -2.17. The summed E-state index contributed by atoms with van der Waals surface area (Å²) in [5.74, 6) is 0.200. The zero-order valence-corrected chi connectivity index (χ0v) is 12.5.